The van der Waals surface area contributed by atoms with Crippen molar-refractivity contribution in [3.05, 3.63) is 84.1 Å². The van der Waals surface area contributed by atoms with Crippen molar-refractivity contribution in [2.75, 3.05) is 0 Å². The van der Waals surface area contributed by atoms with Crippen LogP contribution in [0, 0.1) is 6.20 Å². The third-order valence-electron chi connectivity index (χ3n) is 2.99. The molecule has 0 atom stereocenters. The zero-order valence-electron chi connectivity index (χ0n) is 13.0. The molecule has 0 saturated carbocycles. The molecular weight excluding hydrogens is 283 g/mol. The molecule has 0 N–H and O–H groups in total. The molecule has 0 fully saturated rings. The Morgan fingerprint density at radius 1 is 0.783 bits per heavy atom. The third kappa shape index (κ3) is 5.44. The van der Waals surface area contributed by atoms with E-state index in [2.05, 4.69) is 16.2 Å². The molecule has 3 aromatic rings. The van der Waals surface area contributed by atoms with E-state index in [0.717, 1.165) is 11.1 Å². The predicted octanol–water partition coefficient (Wildman–Crippen LogP) is 0.439. The molecule has 110 valence electrons. The quantitative estimate of drug-likeness (QED) is 0.489. The fraction of sp³-hybridized carbons (Fsp3) is 0.111. The second-order valence-corrected chi connectivity index (χ2v) is 4.67. The molecule has 23 heavy (non-hydrogen) atoms. The van der Waals surface area contributed by atoms with Crippen LogP contribution in [0.1, 0.15) is 11.1 Å². The van der Waals surface area contributed by atoms with Crippen LogP contribution in [0.3, 0.4) is 0 Å². The Morgan fingerprint density at radius 3 is 1.96 bits per heavy atom. The molecule has 0 radical (unpaired) electrons. The first-order valence-corrected chi connectivity index (χ1v) is 6.99. The summed E-state index contributed by atoms with van der Waals surface area (Å²) in [6.45, 7) is 0.862. The summed E-state index contributed by atoms with van der Waals surface area (Å²) in [6, 6.07) is 21.6. The van der Waals surface area contributed by atoms with E-state index in [-0.39, 0.29) is 24.9 Å². The van der Waals surface area contributed by atoms with E-state index < -0.39 is 0 Å². The molecule has 0 aliphatic heterocycles. The zero-order chi connectivity index (χ0) is 15.0. The summed E-state index contributed by atoms with van der Waals surface area (Å²) in [7, 11) is 0. The van der Waals surface area contributed by atoms with Crippen molar-refractivity contribution in [1.82, 2.24) is 9.97 Å². The molecule has 3 rings (SSSR count). The number of benzene rings is 2. The van der Waals surface area contributed by atoms with Gasteiger partial charge in [-0.3, -0.25) is 4.98 Å². The van der Waals surface area contributed by atoms with E-state index in [1.807, 2.05) is 60.7 Å². The van der Waals surface area contributed by atoms with Crippen molar-refractivity contribution in [3.8, 4) is 11.9 Å². The number of ether oxygens (including phenoxy) is 2. The van der Waals surface area contributed by atoms with Crippen molar-refractivity contribution in [2.24, 2.45) is 0 Å². The van der Waals surface area contributed by atoms with Crippen LogP contribution >= 0.6 is 0 Å². The SMILES string of the molecule is [Li+].[c-]1cc(OCc2ccccc2)nc(OCc2ccccc2)n1. The summed E-state index contributed by atoms with van der Waals surface area (Å²) in [5.41, 5.74) is 2.13. The summed E-state index contributed by atoms with van der Waals surface area (Å²) < 4.78 is 11.2. The Morgan fingerprint density at radius 2 is 1.35 bits per heavy atom. The first-order chi connectivity index (χ1) is 10.9. The zero-order valence-corrected chi connectivity index (χ0v) is 13.0. The Hall–Kier alpha value is -2.28. The van der Waals surface area contributed by atoms with Crippen molar-refractivity contribution >= 4 is 0 Å². The smallest absolute Gasteiger partial charge is 0.530 e. The van der Waals surface area contributed by atoms with Crippen LogP contribution in [0.25, 0.3) is 0 Å². The summed E-state index contributed by atoms with van der Waals surface area (Å²) in [6.07, 6.45) is 2.74. The molecule has 0 unspecified atom stereocenters. The van der Waals surface area contributed by atoms with Gasteiger partial charge in [-0.2, -0.15) is 0 Å². The number of hydrogen-bond donors (Lipinski definition) is 0. The van der Waals surface area contributed by atoms with Gasteiger partial charge >= 0.3 is 18.9 Å². The summed E-state index contributed by atoms with van der Waals surface area (Å²) in [4.78, 5) is 8.19. The molecule has 0 aliphatic rings. The number of aromatic nitrogens is 2. The molecular formula is C18H15LiN2O2. The predicted molar refractivity (Wildman–Crippen MR) is 82.4 cm³/mol. The van der Waals surface area contributed by atoms with Crippen LogP contribution in [0.5, 0.6) is 11.9 Å². The molecule has 2 aromatic carbocycles. The molecule has 0 bridgehead atoms. The molecule has 0 spiro atoms. The Bertz CT molecular complexity index is 650. The van der Waals surface area contributed by atoms with Crippen LogP contribution < -0.4 is 28.3 Å². The van der Waals surface area contributed by atoms with Gasteiger partial charge in [-0.05, 0) is 11.1 Å². The largest absolute Gasteiger partial charge is 1.00 e. The number of nitrogens with zero attached hydrogens (tertiary/aromatic N) is 2. The van der Waals surface area contributed by atoms with E-state index in [1.54, 1.807) is 6.07 Å². The van der Waals surface area contributed by atoms with Crippen LogP contribution in [0.2, 0.25) is 0 Å². The van der Waals surface area contributed by atoms with Crippen LogP contribution in [-0.4, -0.2) is 9.97 Å². The summed E-state index contributed by atoms with van der Waals surface area (Å²) in [5.74, 6) is 0.446. The van der Waals surface area contributed by atoms with Crippen LogP contribution in [0.4, 0.5) is 0 Å². The normalized spacial score (nSPS) is 9.74. The fourth-order valence-corrected chi connectivity index (χ4v) is 1.89. The van der Waals surface area contributed by atoms with Crippen molar-refractivity contribution in [2.45, 2.75) is 13.2 Å². The molecule has 5 heteroatoms. The van der Waals surface area contributed by atoms with Gasteiger partial charge in [0, 0.05) is 0 Å². The van der Waals surface area contributed by atoms with Crippen molar-refractivity contribution < 1.29 is 28.3 Å². The molecule has 0 aliphatic carbocycles. The monoisotopic (exact) mass is 298 g/mol. The average Bonchev–Trinajstić information content (AvgIpc) is 2.60. The topological polar surface area (TPSA) is 44.2 Å². The van der Waals surface area contributed by atoms with Crippen molar-refractivity contribution in [3.63, 3.8) is 0 Å². The Kier molecular flexibility index (Phi) is 6.68. The minimum atomic E-state index is 0. The van der Waals surface area contributed by atoms with E-state index in [4.69, 9.17) is 9.47 Å². The average molecular weight is 298 g/mol. The van der Waals surface area contributed by atoms with Gasteiger partial charge in [0.25, 0.3) is 0 Å². The van der Waals surface area contributed by atoms with Gasteiger partial charge in [-0.15, -0.1) is 0 Å². The van der Waals surface area contributed by atoms with E-state index >= 15 is 0 Å². The van der Waals surface area contributed by atoms with Gasteiger partial charge in [-0.1, -0.05) is 72.9 Å². The van der Waals surface area contributed by atoms with Gasteiger partial charge in [0.05, 0.1) is 6.61 Å². The number of rotatable bonds is 6. The standard InChI is InChI=1S/C18H15N2O2.Li/c1-3-7-15(8-4-1)13-21-17-11-12-19-18(20-17)22-14-16-9-5-2-6-10-16;/h1-11H,13-14H2;/q-1;+1. The first-order valence-electron chi connectivity index (χ1n) is 6.99. The Labute approximate surface area is 147 Å². The number of hydrogen-bond acceptors (Lipinski definition) is 4. The van der Waals surface area contributed by atoms with E-state index in [9.17, 15) is 0 Å². The third-order valence-corrected chi connectivity index (χ3v) is 2.99. The van der Waals surface area contributed by atoms with Crippen LogP contribution in [0.15, 0.2) is 66.7 Å². The molecule has 4 nitrogen and oxygen atoms in total. The molecule has 1 heterocycles. The second kappa shape index (κ2) is 8.99. The maximum atomic E-state index is 5.62. The van der Waals surface area contributed by atoms with E-state index in [1.165, 1.54) is 0 Å². The van der Waals surface area contributed by atoms with Gasteiger partial charge in [0.15, 0.2) is 6.01 Å². The minimum absolute atomic E-state index is 0. The molecule has 1 aromatic heterocycles. The first kappa shape index (κ1) is 17.1. The van der Waals surface area contributed by atoms with Crippen LogP contribution in [-0.2, 0) is 13.2 Å². The van der Waals surface area contributed by atoms with Gasteiger partial charge in [0.1, 0.15) is 12.5 Å². The van der Waals surface area contributed by atoms with Crippen molar-refractivity contribution in [1.29, 1.82) is 0 Å². The summed E-state index contributed by atoms with van der Waals surface area (Å²) >= 11 is 0. The van der Waals surface area contributed by atoms with Gasteiger partial charge in [0.2, 0.25) is 0 Å². The molecule has 0 saturated heterocycles. The van der Waals surface area contributed by atoms with E-state index in [0.29, 0.717) is 19.1 Å². The minimum Gasteiger partial charge on any atom is -0.530 e. The molecule has 0 amide bonds. The fourth-order valence-electron chi connectivity index (χ4n) is 1.89. The second-order valence-electron chi connectivity index (χ2n) is 4.67. The van der Waals surface area contributed by atoms with Gasteiger partial charge in [-0.25, -0.2) is 0 Å². The maximum absolute atomic E-state index is 5.62. The summed E-state index contributed by atoms with van der Waals surface area (Å²) in [5, 5.41) is 0. The Balaban J connectivity index is 0.00000192. The van der Waals surface area contributed by atoms with Gasteiger partial charge < -0.3 is 14.5 Å². The maximum Gasteiger partial charge on any atom is 1.00 e.